The summed E-state index contributed by atoms with van der Waals surface area (Å²) in [4.78, 5) is 13.2. The SMILES string of the molecule is CC(C)NC(=O)c1cc(-c2cccs2)n([C@H]2CCS(=O)(=O)C2)n1. The molecule has 0 radical (unpaired) electrons. The molecular weight excluding hydrogens is 334 g/mol. The molecule has 0 unspecified atom stereocenters. The van der Waals surface area contributed by atoms with Crippen LogP contribution in [0.2, 0.25) is 0 Å². The maximum Gasteiger partial charge on any atom is 0.271 e. The number of aromatic nitrogens is 2. The standard InChI is InChI=1S/C15H19N3O3S2/c1-10(2)16-15(19)12-8-13(14-4-3-6-22-14)18(17-12)11-5-7-23(20,21)9-11/h3-4,6,8,10-11H,5,7,9H2,1-2H3,(H,16,19)/t11-/m0/s1. The molecule has 0 bridgehead atoms. The van der Waals surface area contributed by atoms with Gasteiger partial charge in [0.2, 0.25) is 0 Å². The van der Waals surface area contributed by atoms with E-state index >= 15 is 0 Å². The van der Waals surface area contributed by atoms with Gasteiger partial charge in [-0.2, -0.15) is 5.10 Å². The fraction of sp³-hybridized carbons (Fsp3) is 0.467. The first-order valence-electron chi connectivity index (χ1n) is 7.50. The summed E-state index contributed by atoms with van der Waals surface area (Å²) >= 11 is 1.55. The zero-order valence-corrected chi connectivity index (χ0v) is 14.7. The number of nitrogens with one attached hydrogen (secondary N) is 1. The smallest absolute Gasteiger partial charge is 0.271 e. The summed E-state index contributed by atoms with van der Waals surface area (Å²) in [7, 11) is -3.02. The summed E-state index contributed by atoms with van der Waals surface area (Å²) in [6.07, 6.45) is 0.535. The largest absolute Gasteiger partial charge is 0.348 e. The lowest BCUT2D eigenvalue weighted by Crippen LogP contribution is -2.30. The maximum atomic E-state index is 12.2. The van der Waals surface area contributed by atoms with E-state index in [1.165, 1.54) is 0 Å². The molecule has 2 aromatic rings. The van der Waals surface area contributed by atoms with Crippen LogP contribution in [0.25, 0.3) is 10.6 Å². The van der Waals surface area contributed by atoms with Crippen LogP contribution in [-0.2, 0) is 9.84 Å². The first-order valence-corrected chi connectivity index (χ1v) is 10.2. The van der Waals surface area contributed by atoms with Crippen molar-refractivity contribution in [1.82, 2.24) is 15.1 Å². The van der Waals surface area contributed by atoms with Crippen LogP contribution < -0.4 is 5.32 Å². The minimum absolute atomic E-state index is 0.0182. The van der Waals surface area contributed by atoms with E-state index in [1.807, 2.05) is 31.4 Å². The molecule has 124 valence electrons. The fourth-order valence-electron chi connectivity index (χ4n) is 2.70. The summed E-state index contributed by atoms with van der Waals surface area (Å²) in [5, 5.41) is 9.19. The number of hydrogen-bond acceptors (Lipinski definition) is 5. The normalized spacial score (nSPS) is 20.0. The lowest BCUT2D eigenvalue weighted by atomic mass is 10.2. The van der Waals surface area contributed by atoms with Crippen molar-refractivity contribution in [3.63, 3.8) is 0 Å². The highest BCUT2D eigenvalue weighted by Gasteiger charge is 2.32. The fourth-order valence-corrected chi connectivity index (χ4v) is 5.12. The van der Waals surface area contributed by atoms with Crippen molar-refractivity contribution >= 4 is 27.1 Å². The Bertz CT molecular complexity index is 807. The Morgan fingerprint density at radius 2 is 2.26 bits per heavy atom. The molecule has 1 fully saturated rings. The first kappa shape index (κ1) is 16.2. The van der Waals surface area contributed by atoms with Gasteiger partial charge in [0.05, 0.1) is 28.1 Å². The van der Waals surface area contributed by atoms with E-state index in [2.05, 4.69) is 10.4 Å². The molecule has 1 atom stereocenters. The second kappa shape index (κ2) is 6.09. The Kier molecular flexibility index (Phi) is 4.29. The molecule has 0 aromatic carbocycles. The van der Waals surface area contributed by atoms with E-state index in [0.29, 0.717) is 12.1 Å². The molecule has 1 aliphatic heterocycles. The number of carbonyl (C=O) groups is 1. The van der Waals surface area contributed by atoms with Gasteiger partial charge >= 0.3 is 0 Å². The molecule has 8 heteroatoms. The van der Waals surface area contributed by atoms with Crippen LogP contribution in [-0.4, -0.2) is 41.7 Å². The van der Waals surface area contributed by atoms with Crippen molar-refractivity contribution in [2.45, 2.75) is 32.4 Å². The molecule has 1 amide bonds. The summed E-state index contributed by atoms with van der Waals surface area (Å²) in [5.74, 6) is 0.0187. The van der Waals surface area contributed by atoms with Crippen molar-refractivity contribution in [3.05, 3.63) is 29.3 Å². The quantitative estimate of drug-likeness (QED) is 0.913. The molecule has 3 rings (SSSR count). The zero-order chi connectivity index (χ0) is 16.6. The molecule has 6 nitrogen and oxygen atoms in total. The highest BCUT2D eigenvalue weighted by molar-refractivity contribution is 7.91. The number of sulfone groups is 1. The molecule has 2 aromatic heterocycles. The van der Waals surface area contributed by atoms with E-state index in [1.54, 1.807) is 22.1 Å². The Morgan fingerprint density at radius 3 is 2.83 bits per heavy atom. The van der Waals surface area contributed by atoms with Crippen LogP contribution in [0, 0.1) is 0 Å². The Hall–Kier alpha value is -1.67. The number of rotatable bonds is 4. The predicted octanol–water partition coefficient (Wildman–Crippen LogP) is 2.11. The molecule has 0 aliphatic carbocycles. The van der Waals surface area contributed by atoms with E-state index < -0.39 is 9.84 Å². The molecular formula is C15H19N3O3S2. The number of thiophene rings is 1. The first-order chi connectivity index (χ1) is 10.9. The zero-order valence-electron chi connectivity index (χ0n) is 13.0. The van der Waals surface area contributed by atoms with Crippen molar-refractivity contribution in [3.8, 4) is 10.6 Å². The second-order valence-electron chi connectivity index (χ2n) is 6.02. The van der Waals surface area contributed by atoms with Crippen LogP contribution in [0.4, 0.5) is 0 Å². The highest BCUT2D eigenvalue weighted by Crippen LogP contribution is 2.32. The number of nitrogens with zero attached hydrogens (tertiary/aromatic N) is 2. The average molecular weight is 353 g/mol. The third-order valence-corrected chi connectivity index (χ3v) is 6.36. The average Bonchev–Trinajstić information content (AvgIpc) is 3.14. The molecule has 1 N–H and O–H groups in total. The van der Waals surface area contributed by atoms with Crippen molar-refractivity contribution < 1.29 is 13.2 Å². The van der Waals surface area contributed by atoms with E-state index in [9.17, 15) is 13.2 Å². The second-order valence-corrected chi connectivity index (χ2v) is 9.20. The van der Waals surface area contributed by atoms with Gasteiger partial charge in [-0.25, -0.2) is 8.42 Å². The van der Waals surface area contributed by atoms with Crippen molar-refractivity contribution in [2.75, 3.05) is 11.5 Å². The van der Waals surface area contributed by atoms with E-state index in [4.69, 9.17) is 0 Å². The highest BCUT2D eigenvalue weighted by atomic mass is 32.2. The van der Waals surface area contributed by atoms with Gasteiger partial charge in [0.1, 0.15) is 0 Å². The topological polar surface area (TPSA) is 81.1 Å². The van der Waals surface area contributed by atoms with Gasteiger partial charge in [-0.3, -0.25) is 9.48 Å². The number of carbonyl (C=O) groups excluding carboxylic acids is 1. The summed E-state index contributed by atoms with van der Waals surface area (Å²) in [5.41, 5.74) is 1.13. The molecule has 23 heavy (non-hydrogen) atoms. The minimum Gasteiger partial charge on any atom is -0.348 e. The Morgan fingerprint density at radius 1 is 1.48 bits per heavy atom. The third-order valence-electron chi connectivity index (χ3n) is 3.72. The van der Waals surface area contributed by atoms with Gasteiger partial charge in [0.15, 0.2) is 15.5 Å². The third kappa shape index (κ3) is 3.48. The summed E-state index contributed by atoms with van der Waals surface area (Å²) in [6.45, 7) is 3.78. The van der Waals surface area contributed by atoms with Gasteiger partial charge in [-0.05, 0) is 37.8 Å². The van der Waals surface area contributed by atoms with Crippen LogP contribution in [0.15, 0.2) is 23.6 Å². The van der Waals surface area contributed by atoms with E-state index in [-0.39, 0.29) is 29.5 Å². The van der Waals surface area contributed by atoms with Crippen LogP contribution in [0.1, 0.15) is 36.8 Å². The van der Waals surface area contributed by atoms with Crippen molar-refractivity contribution in [2.24, 2.45) is 0 Å². The van der Waals surface area contributed by atoms with Gasteiger partial charge in [0, 0.05) is 6.04 Å². The van der Waals surface area contributed by atoms with Gasteiger partial charge in [-0.1, -0.05) is 6.07 Å². The molecule has 1 saturated heterocycles. The molecule has 0 saturated carbocycles. The van der Waals surface area contributed by atoms with Gasteiger partial charge in [0.25, 0.3) is 5.91 Å². The van der Waals surface area contributed by atoms with Crippen molar-refractivity contribution in [1.29, 1.82) is 0 Å². The Labute approximate surface area is 139 Å². The number of hydrogen-bond donors (Lipinski definition) is 1. The predicted molar refractivity (Wildman–Crippen MR) is 90.5 cm³/mol. The van der Waals surface area contributed by atoms with Crippen LogP contribution in [0.5, 0.6) is 0 Å². The van der Waals surface area contributed by atoms with E-state index in [0.717, 1.165) is 10.6 Å². The summed E-state index contributed by atoms with van der Waals surface area (Å²) < 4.78 is 25.3. The maximum absolute atomic E-state index is 12.2. The van der Waals surface area contributed by atoms with Crippen LogP contribution >= 0.6 is 11.3 Å². The Balaban J connectivity index is 2.00. The van der Waals surface area contributed by atoms with Crippen LogP contribution in [0.3, 0.4) is 0 Å². The monoisotopic (exact) mass is 353 g/mol. The van der Waals surface area contributed by atoms with Gasteiger partial charge < -0.3 is 5.32 Å². The molecule has 0 spiro atoms. The lowest BCUT2D eigenvalue weighted by molar-refractivity contribution is 0.0937. The summed E-state index contributed by atoms with van der Waals surface area (Å²) in [6, 6.07) is 5.43. The minimum atomic E-state index is -3.02. The molecule has 3 heterocycles. The number of amides is 1. The van der Waals surface area contributed by atoms with Gasteiger partial charge in [-0.15, -0.1) is 11.3 Å². The molecule has 1 aliphatic rings. The lowest BCUT2D eigenvalue weighted by Gasteiger charge is -2.12.